The van der Waals surface area contributed by atoms with E-state index in [1.54, 1.807) is 0 Å². The van der Waals surface area contributed by atoms with Crippen LogP contribution >= 0.6 is 0 Å². The zero-order chi connectivity index (χ0) is 13.8. The van der Waals surface area contributed by atoms with Crippen molar-refractivity contribution in [3.05, 3.63) is 23.9 Å². The minimum absolute atomic E-state index is 0.534. The summed E-state index contributed by atoms with van der Waals surface area (Å²) in [5, 5.41) is 0. The van der Waals surface area contributed by atoms with Crippen LogP contribution < -0.4 is 4.90 Å². The van der Waals surface area contributed by atoms with Crippen molar-refractivity contribution in [3.63, 3.8) is 0 Å². The Morgan fingerprint density at radius 2 is 2.21 bits per heavy atom. The van der Waals surface area contributed by atoms with Crippen LogP contribution in [0.4, 0.5) is 5.82 Å². The van der Waals surface area contributed by atoms with E-state index in [0.29, 0.717) is 12.1 Å². The Kier molecular flexibility index (Phi) is 4.81. The van der Waals surface area contributed by atoms with Crippen LogP contribution in [0.3, 0.4) is 0 Å². The summed E-state index contributed by atoms with van der Waals surface area (Å²) >= 11 is 0. The number of piperidine rings is 1. The third-order valence-corrected chi connectivity index (χ3v) is 4.22. The van der Waals surface area contributed by atoms with Gasteiger partial charge in [0.15, 0.2) is 0 Å². The first-order valence-corrected chi connectivity index (χ1v) is 7.57. The standard InChI is InChI=1S/C16H27N3/c1-5-18(4)16-14(9-8-11-17-16)15-10-6-7-12-19(15)13(2)3/h8-9,11,13,15H,5-7,10,12H2,1-4H3/t15-/m1/s1. The molecule has 106 valence electrons. The maximum absolute atomic E-state index is 4.62. The number of likely N-dealkylation sites (tertiary alicyclic amines) is 1. The first kappa shape index (κ1) is 14.3. The monoisotopic (exact) mass is 261 g/mol. The molecule has 1 aliphatic rings. The molecule has 1 aromatic heterocycles. The Hall–Kier alpha value is -1.09. The van der Waals surface area contributed by atoms with Crippen LogP contribution in [0.25, 0.3) is 0 Å². The normalized spacial score (nSPS) is 20.8. The quantitative estimate of drug-likeness (QED) is 0.827. The van der Waals surface area contributed by atoms with Gasteiger partial charge in [-0.25, -0.2) is 4.98 Å². The second-order valence-corrected chi connectivity index (χ2v) is 5.77. The van der Waals surface area contributed by atoms with Crippen LogP contribution in [0.1, 0.15) is 51.6 Å². The molecule has 0 saturated carbocycles. The molecule has 0 bridgehead atoms. The average Bonchev–Trinajstić information content (AvgIpc) is 2.46. The van der Waals surface area contributed by atoms with Gasteiger partial charge in [0, 0.05) is 37.4 Å². The lowest BCUT2D eigenvalue weighted by Gasteiger charge is -2.40. The molecule has 3 heteroatoms. The summed E-state index contributed by atoms with van der Waals surface area (Å²) in [6.45, 7) is 9.00. The summed E-state index contributed by atoms with van der Waals surface area (Å²) in [5.74, 6) is 1.16. The van der Waals surface area contributed by atoms with Crippen molar-refractivity contribution in [2.75, 3.05) is 25.0 Å². The highest BCUT2D eigenvalue weighted by atomic mass is 15.2. The number of aromatic nitrogens is 1. The van der Waals surface area contributed by atoms with E-state index in [9.17, 15) is 0 Å². The van der Waals surface area contributed by atoms with Crippen molar-refractivity contribution in [2.45, 2.75) is 52.1 Å². The fraction of sp³-hybridized carbons (Fsp3) is 0.688. The van der Waals surface area contributed by atoms with E-state index in [-0.39, 0.29) is 0 Å². The minimum Gasteiger partial charge on any atom is -0.360 e. The summed E-state index contributed by atoms with van der Waals surface area (Å²) in [7, 11) is 2.13. The van der Waals surface area contributed by atoms with Gasteiger partial charge in [0.2, 0.25) is 0 Å². The second-order valence-electron chi connectivity index (χ2n) is 5.77. The Balaban J connectivity index is 2.33. The van der Waals surface area contributed by atoms with Gasteiger partial charge < -0.3 is 4.90 Å². The summed E-state index contributed by atoms with van der Waals surface area (Å²) in [6, 6.07) is 5.48. The van der Waals surface area contributed by atoms with Crippen molar-refractivity contribution in [1.82, 2.24) is 9.88 Å². The predicted molar refractivity (Wildman–Crippen MR) is 81.6 cm³/mol. The van der Waals surface area contributed by atoms with Gasteiger partial charge in [0.25, 0.3) is 0 Å². The molecule has 0 amide bonds. The maximum atomic E-state index is 4.62. The fourth-order valence-electron chi connectivity index (χ4n) is 3.04. The van der Waals surface area contributed by atoms with Crippen LogP contribution in [-0.4, -0.2) is 36.1 Å². The van der Waals surface area contributed by atoms with Crippen molar-refractivity contribution >= 4 is 5.82 Å². The number of anilines is 1. The van der Waals surface area contributed by atoms with Gasteiger partial charge in [-0.1, -0.05) is 12.5 Å². The highest BCUT2D eigenvalue weighted by Gasteiger charge is 2.28. The molecule has 1 saturated heterocycles. The van der Waals surface area contributed by atoms with Gasteiger partial charge in [0.05, 0.1) is 0 Å². The summed E-state index contributed by atoms with van der Waals surface area (Å²) in [5.41, 5.74) is 1.40. The molecule has 0 radical (unpaired) electrons. The molecule has 0 unspecified atom stereocenters. The Bertz CT molecular complexity index is 403. The lowest BCUT2D eigenvalue weighted by Crippen LogP contribution is -2.39. The topological polar surface area (TPSA) is 19.4 Å². The van der Waals surface area contributed by atoms with Gasteiger partial charge in [-0.15, -0.1) is 0 Å². The molecule has 1 aromatic rings. The molecule has 2 rings (SSSR count). The van der Waals surface area contributed by atoms with E-state index < -0.39 is 0 Å². The number of hydrogen-bond acceptors (Lipinski definition) is 3. The first-order valence-electron chi connectivity index (χ1n) is 7.57. The lowest BCUT2D eigenvalue weighted by molar-refractivity contribution is 0.112. The van der Waals surface area contributed by atoms with E-state index in [2.05, 4.69) is 54.7 Å². The van der Waals surface area contributed by atoms with Crippen LogP contribution in [0, 0.1) is 0 Å². The van der Waals surface area contributed by atoms with Gasteiger partial charge in [0.1, 0.15) is 5.82 Å². The van der Waals surface area contributed by atoms with Crippen LogP contribution in [-0.2, 0) is 0 Å². The summed E-state index contributed by atoms with van der Waals surface area (Å²) in [4.78, 5) is 9.50. The van der Waals surface area contributed by atoms with Crippen molar-refractivity contribution in [1.29, 1.82) is 0 Å². The number of pyridine rings is 1. The van der Waals surface area contributed by atoms with Gasteiger partial charge in [-0.05, 0) is 46.2 Å². The molecule has 0 aliphatic carbocycles. The fourth-order valence-corrected chi connectivity index (χ4v) is 3.04. The van der Waals surface area contributed by atoms with E-state index in [1.165, 1.54) is 31.4 Å². The van der Waals surface area contributed by atoms with Crippen LogP contribution in [0.2, 0.25) is 0 Å². The van der Waals surface area contributed by atoms with E-state index >= 15 is 0 Å². The zero-order valence-electron chi connectivity index (χ0n) is 12.8. The molecule has 0 aromatic carbocycles. The zero-order valence-corrected chi connectivity index (χ0v) is 12.8. The molecule has 0 spiro atoms. The molecular weight excluding hydrogens is 234 g/mol. The smallest absolute Gasteiger partial charge is 0.133 e. The van der Waals surface area contributed by atoms with Crippen molar-refractivity contribution < 1.29 is 0 Å². The molecule has 1 fully saturated rings. The molecule has 19 heavy (non-hydrogen) atoms. The SMILES string of the molecule is CCN(C)c1ncccc1[C@H]1CCCCN1C(C)C. The number of nitrogens with zero attached hydrogens (tertiary/aromatic N) is 3. The summed E-state index contributed by atoms with van der Waals surface area (Å²) in [6.07, 6.45) is 5.83. The third-order valence-electron chi connectivity index (χ3n) is 4.22. The average molecular weight is 261 g/mol. The highest BCUT2D eigenvalue weighted by molar-refractivity contribution is 5.47. The molecule has 3 nitrogen and oxygen atoms in total. The van der Waals surface area contributed by atoms with E-state index in [1.807, 2.05) is 6.20 Å². The van der Waals surface area contributed by atoms with Gasteiger partial charge >= 0.3 is 0 Å². The minimum atomic E-state index is 0.534. The third kappa shape index (κ3) is 3.08. The largest absolute Gasteiger partial charge is 0.360 e. The molecule has 1 aliphatic heterocycles. The predicted octanol–water partition coefficient (Wildman–Crippen LogP) is 3.47. The number of rotatable bonds is 4. The van der Waals surface area contributed by atoms with E-state index in [0.717, 1.165) is 12.4 Å². The Labute approximate surface area is 117 Å². The number of hydrogen-bond donors (Lipinski definition) is 0. The Morgan fingerprint density at radius 1 is 1.42 bits per heavy atom. The Morgan fingerprint density at radius 3 is 2.89 bits per heavy atom. The maximum Gasteiger partial charge on any atom is 0.133 e. The van der Waals surface area contributed by atoms with Crippen molar-refractivity contribution in [2.24, 2.45) is 0 Å². The highest BCUT2D eigenvalue weighted by Crippen LogP contribution is 2.36. The van der Waals surface area contributed by atoms with Gasteiger partial charge in [-0.3, -0.25) is 4.90 Å². The second kappa shape index (κ2) is 6.38. The molecule has 1 atom stereocenters. The molecular formula is C16H27N3. The van der Waals surface area contributed by atoms with Gasteiger partial charge in [-0.2, -0.15) is 0 Å². The van der Waals surface area contributed by atoms with Crippen molar-refractivity contribution in [3.8, 4) is 0 Å². The molecule has 2 heterocycles. The van der Waals surface area contributed by atoms with E-state index in [4.69, 9.17) is 0 Å². The van der Waals surface area contributed by atoms with Crippen LogP contribution in [0.15, 0.2) is 18.3 Å². The summed E-state index contributed by atoms with van der Waals surface area (Å²) < 4.78 is 0. The first-order chi connectivity index (χ1) is 9.15. The lowest BCUT2D eigenvalue weighted by atomic mass is 9.94. The van der Waals surface area contributed by atoms with Crippen LogP contribution in [0.5, 0.6) is 0 Å². The molecule has 0 N–H and O–H groups in total.